The summed E-state index contributed by atoms with van der Waals surface area (Å²) < 4.78 is 54.8. The molecule has 2 saturated carbocycles. The van der Waals surface area contributed by atoms with Crippen LogP contribution in [-0.2, 0) is 4.79 Å². The average Bonchev–Trinajstić information content (AvgIpc) is 3.90. The van der Waals surface area contributed by atoms with Crippen LogP contribution in [0.15, 0.2) is 29.0 Å². The van der Waals surface area contributed by atoms with Crippen LogP contribution in [0, 0.1) is 36.7 Å². The molecule has 3 aliphatic rings. The Labute approximate surface area is 242 Å². The molecule has 222 valence electrons. The van der Waals surface area contributed by atoms with Crippen LogP contribution >= 0.6 is 0 Å². The molecule has 3 N–H and O–H groups in total. The number of benzene rings is 1. The number of carbonyl (C=O) groups excluding carboxylic acids is 2. The fraction of sp³-hybridized carbons (Fsp3) is 0.379. The highest BCUT2D eigenvalue weighted by atomic mass is 19.2. The third kappa shape index (κ3) is 4.61. The van der Waals surface area contributed by atoms with E-state index in [-0.39, 0.29) is 40.9 Å². The quantitative estimate of drug-likeness (QED) is 0.285. The maximum atomic E-state index is 15.3. The van der Waals surface area contributed by atoms with Gasteiger partial charge in [0.15, 0.2) is 23.1 Å². The van der Waals surface area contributed by atoms with Gasteiger partial charge in [-0.25, -0.2) is 13.4 Å². The molecule has 7 rings (SSSR count). The number of nitrogens with one attached hydrogen (secondary N) is 3. The minimum atomic E-state index is -1.31. The zero-order valence-electron chi connectivity index (χ0n) is 23.1. The van der Waals surface area contributed by atoms with Crippen molar-refractivity contribution in [1.82, 2.24) is 30.8 Å². The van der Waals surface area contributed by atoms with Gasteiger partial charge in [0, 0.05) is 40.1 Å². The normalized spacial score (nSPS) is 19.0. The standard InChI is InChI=1S/C29H26F3N7O4/c1-12-19(13(2)37-36-12)23-18(31)9-15(10-33-23)34-27(40)24(35-28(41)25-22(14-3-4-14)38-43-39-25)20-16-5-6-17(30)21(32)26(16)42-11-29(20)7-8-29/h5-6,9-10,14,20,24H,3-4,7-8,11H2,1-2H3,(H,34,40)(H,35,41)(H,36,37). The molecule has 14 heteroatoms. The van der Waals surface area contributed by atoms with E-state index in [2.05, 4.69) is 36.1 Å². The highest BCUT2D eigenvalue weighted by Gasteiger charge is 2.58. The smallest absolute Gasteiger partial charge is 0.276 e. The molecular formula is C29H26F3N7O4. The number of fused-ring (bicyclic) bond motifs is 1. The van der Waals surface area contributed by atoms with Gasteiger partial charge in [0.2, 0.25) is 11.7 Å². The van der Waals surface area contributed by atoms with Gasteiger partial charge in [-0.05, 0) is 50.8 Å². The number of hydrogen-bond acceptors (Lipinski definition) is 8. The summed E-state index contributed by atoms with van der Waals surface area (Å²) in [6, 6.07) is 2.14. The summed E-state index contributed by atoms with van der Waals surface area (Å²) in [6.45, 7) is 3.49. The van der Waals surface area contributed by atoms with E-state index in [1.807, 2.05) is 0 Å². The van der Waals surface area contributed by atoms with Crippen LogP contribution in [0.5, 0.6) is 5.75 Å². The summed E-state index contributed by atoms with van der Waals surface area (Å²) in [5.41, 5.74) is 1.78. The molecular weight excluding hydrogens is 567 g/mol. The second kappa shape index (κ2) is 9.92. The largest absolute Gasteiger partial charge is 0.489 e. The highest BCUT2D eigenvalue weighted by Crippen LogP contribution is 2.61. The summed E-state index contributed by atoms with van der Waals surface area (Å²) in [6.07, 6.45) is 4.21. The minimum Gasteiger partial charge on any atom is -0.489 e. The monoisotopic (exact) mass is 593 g/mol. The number of aromatic amines is 1. The maximum Gasteiger partial charge on any atom is 0.276 e. The summed E-state index contributed by atoms with van der Waals surface area (Å²) >= 11 is 0. The van der Waals surface area contributed by atoms with E-state index in [1.165, 1.54) is 12.3 Å². The number of anilines is 1. The Bertz CT molecular complexity index is 1760. The van der Waals surface area contributed by atoms with Crippen LogP contribution in [0.1, 0.15) is 70.7 Å². The fourth-order valence-electron chi connectivity index (χ4n) is 6.02. The predicted octanol–water partition coefficient (Wildman–Crippen LogP) is 4.46. The number of hydrogen-bond donors (Lipinski definition) is 3. The first kappa shape index (κ1) is 27.1. The van der Waals surface area contributed by atoms with Crippen LogP contribution in [0.4, 0.5) is 18.9 Å². The molecule has 0 saturated heterocycles. The molecule has 2 amide bonds. The average molecular weight is 594 g/mol. The van der Waals surface area contributed by atoms with Gasteiger partial charge >= 0.3 is 0 Å². The van der Waals surface area contributed by atoms with Gasteiger partial charge in [0.1, 0.15) is 17.4 Å². The Morgan fingerprint density at radius 1 is 1.12 bits per heavy atom. The van der Waals surface area contributed by atoms with E-state index in [4.69, 9.17) is 9.37 Å². The van der Waals surface area contributed by atoms with Gasteiger partial charge in [0.05, 0.1) is 24.2 Å². The Hall–Kier alpha value is -4.75. The van der Waals surface area contributed by atoms with Gasteiger partial charge in [-0.2, -0.15) is 9.49 Å². The lowest BCUT2D eigenvalue weighted by Crippen LogP contribution is -2.52. The van der Waals surface area contributed by atoms with Crippen LogP contribution < -0.4 is 15.4 Å². The SMILES string of the molecule is Cc1n[nH]c(C)c1-c1ncc(NC(=O)C(NC(=O)c2nonc2C2CC2)C2c3ccc(F)c(F)c3OCC23CC3)cc1F. The number of carbonyl (C=O) groups is 2. The lowest BCUT2D eigenvalue weighted by molar-refractivity contribution is -0.119. The van der Waals surface area contributed by atoms with Crippen LogP contribution in [-0.4, -0.2) is 50.0 Å². The number of nitrogens with zero attached hydrogens (tertiary/aromatic N) is 4. The lowest BCUT2D eigenvalue weighted by atomic mass is 9.75. The Balaban J connectivity index is 1.25. The molecule has 1 aromatic carbocycles. The maximum absolute atomic E-state index is 15.3. The van der Waals surface area contributed by atoms with Gasteiger partial charge in [-0.15, -0.1) is 0 Å². The van der Waals surface area contributed by atoms with Gasteiger partial charge < -0.3 is 15.4 Å². The van der Waals surface area contributed by atoms with E-state index in [0.717, 1.165) is 25.0 Å². The Morgan fingerprint density at radius 2 is 1.91 bits per heavy atom. The summed E-state index contributed by atoms with van der Waals surface area (Å²) in [5, 5.41) is 19.9. The highest BCUT2D eigenvalue weighted by molar-refractivity contribution is 6.01. The van der Waals surface area contributed by atoms with Gasteiger partial charge in [-0.1, -0.05) is 11.2 Å². The van der Waals surface area contributed by atoms with Crippen molar-refractivity contribution >= 4 is 17.5 Å². The second-order valence-corrected chi connectivity index (χ2v) is 11.5. The van der Waals surface area contributed by atoms with Crippen LogP contribution in [0.3, 0.4) is 0 Å². The molecule has 4 heterocycles. The van der Waals surface area contributed by atoms with Crippen molar-refractivity contribution < 1.29 is 32.1 Å². The third-order valence-electron chi connectivity index (χ3n) is 8.54. The first-order chi connectivity index (χ1) is 20.7. The Kier molecular flexibility index (Phi) is 6.25. The zero-order chi connectivity index (χ0) is 30.0. The number of H-pyrrole nitrogens is 1. The third-order valence-corrected chi connectivity index (χ3v) is 8.54. The number of pyridine rings is 1. The molecule has 4 aromatic rings. The van der Waals surface area contributed by atoms with E-state index in [0.29, 0.717) is 35.5 Å². The second-order valence-electron chi connectivity index (χ2n) is 11.5. The molecule has 2 fully saturated rings. The molecule has 1 aliphatic heterocycles. The van der Waals surface area contributed by atoms with Crippen molar-refractivity contribution in [2.24, 2.45) is 5.41 Å². The van der Waals surface area contributed by atoms with Crippen molar-refractivity contribution in [3.8, 4) is 17.0 Å². The molecule has 11 nitrogen and oxygen atoms in total. The van der Waals surface area contributed by atoms with Crippen molar-refractivity contribution in [3.63, 3.8) is 0 Å². The van der Waals surface area contributed by atoms with Gasteiger partial charge in [-0.3, -0.25) is 19.7 Å². The molecule has 0 radical (unpaired) electrons. The van der Waals surface area contributed by atoms with Crippen LogP contribution in [0.25, 0.3) is 11.3 Å². The van der Waals surface area contributed by atoms with E-state index < -0.39 is 46.6 Å². The van der Waals surface area contributed by atoms with Crippen LogP contribution in [0.2, 0.25) is 0 Å². The molecule has 2 atom stereocenters. The number of halogens is 3. The van der Waals surface area contributed by atoms with Crippen molar-refractivity contribution in [3.05, 3.63) is 70.2 Å². The molecule has 1 spiro atoms. The van der Waals surface area contributed by atoms with Crippen molar-refractivity contribution in [2.45, 2.75) is 57.4 Å². The van der Waals surface area contributed by atoms with Crippen molar-refractivity contribution in [2.75, 3.05) is 11.9 Å². The fourth-order valence-corrected chi connectivity index (χ4v) is 6.02. The summed E-state index contributed by atoms with van der Waals surface area (Å²) in [7, 11) is 0. The molecule has 3 aromatic heterocycles. The molecule has 43 heavy (non-hydrogen) atoms. The predicted molar refractivity (Wildman–Crippen MR) is 144 cm³/mol. The molecule has 0 bridgehead atoms. The number of ether oxygens (including phenoxy) is 1. The number of amides is 2. The first-order valence-electron chi connectivity index (χ1n) is 13.9. The number of aromatic nitrogens is 5. The van der Waals surface area contributed by atoms with E-state index in [9.17, 15) is 18.4 Å². The van der Waals surface area contributed by atoms with Crippen molar-refractivity contribution in [1.29, 1.82) is 0 Å². The summed E-state index contributed by atoms with van der Waals surface area (Å²) in [4.78, 5) is 31.8. The Morgan fingerprint density at radius 3 is 2.58 bits per heavy atom. The lowest BCUT2D eigenvalue weighted by Gasteiger charge is -2.38. The first-order valence-corrected chi connectivity index (χ1v) is 13.9. The minimum absolute atomic E-state index is 0.0256. The molecule has 2 unspecified atom stereocenters. The van der Waals surface area contributed by atoms with E-state index in [1.54, 1.807) is 13.8 Å². The molecule has 2 aliphatic carbocycles. The number of rotatable bonds is 7. The van der Waals surface area contributed by atoms with E-state index >= 15 is 4.39 Å². The summed E-state index contributed by atoms with van der Waals surface area (Å²) in [5.74, 6) is -5.45. The number of aryl methyl sites for hydroxylation is 2. The van der Waals surface area contributed by atoms with Gasteiger partial charge in [0.25, 0.3) is 5.91 Å². The zero-order valence-corrected chi connectivity index (χ0v) is 23.1. The topological polar surface area (TPSA) is 148 Å².